The van der Waals surface area contributed by atoms with Gasteiger partial charge in [-0.1, -0.05) is 24.3 Å². The van der Waals surface area contributed by atoms with Crippen molar-refractivity contribution >= 4 is 22.5 Å². The Hall–Kier alpha value is -2.80. The van der Waals surface area contributed by atoms with Crippen molar-refractivity contribution in [3.8, 4) is 6.07 Å². The Morgan fingerprint density at radius 2 is 2.00 bits per heavy atom. The van der Waals surface area contributed by atoms with Crippen LogP contribution in [0.3, 0.4) is 0 Å². The minimum atomic E-state index is 0.676. The van der Waals surface area contributed by atoms with E-state index >= 15 is 0 Å². The van der Waals surface area contributed by atoms with Crippen LogP contribution < -0.4 is 4.90 Å². The van der Waals surface area contributed by atoms with E-state index in [9.17, 15) is 5.26 Å². The lowest BCUT2D eigenvalue weighted by Gasteiger charge is -2.25. The van der Waals surface area contributed by atoms with Crippen molar-refractivity contribution in [2.75, 3.05) is 18.0 Å². The summed E-state index contributed by atoms with van der Waals surface area (Å²) >= 11 is 0. The van der Waals surface area contributed by atoms with E-state index in [1.165, 1.54) is 24.2 Å². The molecule has 0 saturated carbocycles. The maximum Gasteiger partial charge on any atom is 0.157 e. The molecule has 1 aliphatic rings. The van der Waals surface area contributed by atoms with Crippen LogP contribution in [0.5, 0.6) is 0 Å². The number of hydrogen-bond donors (Lipinski definition) is 0. The molecule has 1 aliphatic heterocycles. The number of nitrogens with zero attached hydrogens (tertiary/aromatic N) is 4. The van der Waals surface area contributed by atoms with Gasteiger partial charge in [0.05, 0.1) is 16.6 Å². The number of anilines is 1. The van der Waals surface area contributed by atoms with E-state index < -0.39 is 0 Å². The molecule has 4 rings (SSSR count). The third kappa shape index (κ3) is 2.39. The largest absolute Gasteiger partial charge is 0.357 e. The van der Waals surface area contributed by atoms with Gasteiger partial charge in [0.25, 0.3) is 0 Å². The molecular weight excluding hydrogens is 308 g/mol. The van der Waals surface area contributed by atoms with E-state index in [1.807, 2.05) is 18.2 Å². The number of aromatic nitrogens is 2. The number of rotatable bonds is 3. The van der Waals surface area contributed by atoms with Crippen LogP contribution in [-0.4, -0.2) is 22.5 Å². The first-order chi connectivity index (χ1) is 12.1. The van der Waals surface area contributed by atoms with Gasteiger partial charge in [-0.15, -0.1) is 0 Å². The van der Waals surface area contributed by atoms with Crippen molar-refractivity contribution < 1.29 is 0 Å². The quantitative estimate of drug-likeness (QED) is 0.669. The fraction of sp³-hybridized carbons (Fsp3) is 0.333. The van der Waals surface area contributed by atoms with Crippen LogP contribution in [0, 0.1) is 18.3 Å². The number of pyridine rings is 1. The highest BCUT2D eigenvalue weighted by Gasteiger charge is 2.25. The van der Waals surface area contributed by atoms with Crippen molar-refractivity contribution in [2.24, 2.45) is 0 Å². The Morgan fingerprint density at radius 1 is 1.28 bits per heavy atom. The van der Waals surface area contributed by atoms with E-state index in [1.54, 1.807) is 0 Å². The molecule has 2 aromatic heterocycles. The van der Waals surface area contributed by atoms with Crippen molar-refractivity contribution in [1.29, 1.82) is 5.26 Å². The van der Waals surface area contributed by atoms with Crippen LogP contribution in [0.2, 0.25) is 0 Å². The molecule has 0 amide bonds. The SMILES string of the molecule is C=C(C)Cc1c(C)c(C#N)c2nc3ccccc3n2c1N1CCCC1. The number of allylic oxidation sites excluding steroid dienone is 1. The summed E-state index contributed by atoms with van der Waals surface area (Å²) in [6, 6.07) is 10.5. The highest BCUT2D eigenvalue weighted by Crippen LogP contribution is 2.35. The Kier molecular flexibility index (Phi) is 3.73. The molecule has 4 nitrogen and oxygen atoms in total. The molecule has 1 fully saturated rings. The first-order valence-electron chi connectivity index (χ1n) is 8.84. The number of para-hydroxylation sites is 2. The Balaban J connectivity index is 2.19. The molecule has 1 aromatic carbocycles. The van der Waals surface area contributed by atoms with E-state index in [-0.39, 0.29) is 0 Å². The molecule has 1 saturated heterocycles. The number of fused-ring (bicyclic) bond motifs is 3. The van der Waals surface area contributed by atoms with Gasteiger partial charge in [-0.25, -0.2) is 4.98 Å². The van der Waals surface area contributed by atoms with E-state index in [2.05, 4.69) is 41.9 Å². The second-order valence-corrected chi connectivity index (χ2v) is 7.00. The maximum absolute atomic E-state index is 9.82. The molecule has 0 radical (unpaired) electrons. The summed E-state index contributed by atoms with van der Waals surface area (Å²) in [4.78, 5) is 7.24. The van der Waals surface area contributed by atoms with Crippen molar-refractivity contribution in [3.63, 3.8) is 0 Å². The van der Waals surface area contributed by atoms with Crippen LogP contribution in [0.1, 0.15) is 36.5 Å². The highest BCUT2D eigenvalue weighted by atomic mass is 15.2. The molecule has 0 aliphatic carbocycles. The van der Waals surface area contributed by atoms with Crippen LogP contribution in [0.4, 0.5) is 5.82 Å². The number of imidazole rings is 1. The molecule has 0 atom stereocenters. The van der Waals surface area contributed by atoms with E-state index in [0.717, 1.165) is 47.3 Å². The molecule has 0 spiro atoms. The first-order valence-corrected chi connectivity index (χ1v) is 8.84. The second-order valence-electron chi connectivity index (χ2n) is 7.00. The first kappa shape index (κ1) is 15.7. The Labute approximate surface area is 148 Å². The molecule has 4 heteroatoms. The lowest BCUT2D eigenvalue weighted by atomic mass is 9.98. The predicted molar refractivity (Wildman–Crippen MR) is 102 cm³/mol. The lowest BCUT2D eigenvalue weighted by Crippen LogP contribution is -2.23. The van der Waals surface area contributed by atoms with Crippen LogP contribution in [-0.2, 0) is 6.42 Å². The average molecular weight is 330 g/mol. The monoisotopic (exact) mass is 330 g/mol. The molecule has 0 N–H and O–H groups in total. The van der Waals surface area contributed by atoms with Gasteiger partial charge in [0.2, 0.25) is 0 Å². The molecule has 3 aromatic rings. The zero-order chi connectivity index (χ0) is 17.6. The fourth-order valence-corrected chi connectivity index (χ4v) is 3.94. The fourth-order valence-electron chi connectivity index (χ4n) is 3.94. The van der Waals surface area contributed by atoms with Crippen LogP contribution in [0.25, 0.3) is 16.7 Å². The van der Waals surface area contributed by atoms with E-state index in [4.69, 9.17) is 4.98 Å². The van der Waals surface area contributed by atoms with Gasteiger partial charge < -0.3 is 4.90 Å². The summed E-state index contributed by atoms with van der Waals surface area (Å²) in [6.45, 7) is 10.3. The van der Waals surface area contributed by atoms with Crippen LogP contribution in [0.15, 0.2) is 36.4 Å². The third-order valence-electron chi connectivity index (χ3n) is 5.09. The molecule has 3 heterocycles. The number of benzene rings is 1. The molecule has 126 valence electrons. The van der Waals surface area contributed by atoms with Gasteiger partial charge in [-0.3, -0.25) is 4.40 Å². The van der Waals surface area contributed by atoms with Crippen molar-refractivity contribution in [2.45, 2.75) is 33.1 Å². The summed E-state index contributed by atoms with van der Waals surface area (Å²) in [5.74, 6) is 1.20. The normalized spacial score (nSPS) is 14.4. The van der Waals surface area contributed by atoms with Gasteiger partial charge >= 0.3 is 0 Å². The average Bonchev–Trinajstić information content (AvgIpc) is 3.23. The zero-order valence-electron chi connectivity index (χ0n) is 14.8. The third-order valence-corrected chi connectivity index (χ3v) is 5.09. The van der Waals surface area contributed by atoms with Gasteiger partial charge in [-0.05, 0) is 50.8 Å². The maximum atomic E-state index is 9.82. The number of nitriles is 1. The highest BCUT2D eigenvalue weighted by molar-refractivity contribution is 5.86. The van der Waals surface area contributed by atoms with Gasteiger partial charge in [-0.2, -0.15) is 5.26 Å². The standard InChI is InChI=1S/C21H22N4/c1-14(2)12-16-15(3)17(13-22)20-23-18-8-4-5-9-19(18)25(20)21(16)24-10-6-7-11-24/h4-5,8-9H,1,6-7,10-12H2,2-3H3. The Morgan fingerprint density at radius 3 is 2.68 bits per heavy atom. The second kappa shape index (κ2) is 5.93. The van der Waals surface area contributed by atoms with E-state index in [0.29, 0.717) is 5.56 Å². The van der Waals surface area contributed by atoms with Gasteiger partial charge in [0.1, 0.15) is 11.9 Å². The predicted octanol–water partition coefficient (Wildman–Crippen LogP) is 4.39. The summed E-state index contributed by atoms with van der Waals surface area (Å²) in [5, 5.41) is 9.82. The minimum absolute atomic E-state index is 0.676. The molecular formula is C21H22N4. The number of hydrogen-bond acceptors (Lipinski definition) is 3. The van der Waals surface area contributed by atoms with Crippen LogP contribution >= 0.6 is 0 Å². The zero-order valence-corrected chi connectivity index (χ0v) is 14.8. The minimum Gasteiger partial charge on any atom is -0.357 e. The topological polar surface area (TPSA) is 44.3 Å². The van der Waals surface area contributed by atoms with Gasteiger partial charge in [0.15, 0.2) is 5.65 Å². The smallest absolute Gasteiger partial charge is 0.157 e. The van der Waals surface area contributed by atoms with Gasteiger partial charge in [0, 0.05) is 18.7 Å². The summed E-state index contributed by atoms with van der Waals surface area (Å²) in [5.41, 5.74) is 6.81. The summed E-state index contributed by atoms with van der Waals surface area (Å²) < 4.78 is 2.20. The lowest BCUT2D eigenvalue weighted by molar-refractivity contribution is 0.898. The Bertz CT molecular complexity index is 1030. The van der Waals surface area contributed by atoms with Crippen molar-refractivity contribution in [1.82, 2.24) is 9.38 Å². The van der Waals surface area contributed by atoms with Crippen molar-refractivity contribution in [3.05, 3.63) is 53.1 Å². The summed E-state index contributed by atoms with van der Waals surface area (Å²) in [6.07, 6.45) is 3.20. The molecule has 0 unspecified atom stereocenters. The molecule has 0 bridgehead atoms. The molecule has 25 heavy (non-hydrogen) atoms. The summed E-state index contributed by atoms with van der Waals surface area (Å²) in [7, 11) is 0.